The molecule has 3 heterocycles. The van der Waals surface area contributed by atoms with Crippen molar-refractivity contribution in [3.05, 3.63) is 54.1 Å². The highest BCUT2D eigenvalue weighted by atomic mass is 16.7. The van der Waals surface area contributed by atoms with E-state index in [0.717, 1.165) is 62.4 Å². The van der Waals surface area contributed by atoms with Crippen molar-refractivity contribution < 1.29 is 9.47 Å². The Morgan fingerprint density at radius 1 is 1.10 bits per heavy atom. The molecule has 3 aromatic rings. The van der Waals surface area contributed by atoms with E-state index in [0.29, 0.717) is 5.92 Å². The molecule has 1 saturated heterocycles. The largest absolute Gasteiger partial charge is 0.348 e. The first-order chi connectivity index (χ1) is 14.6. The summed E-state index contributed by atoms with van der Waals surface area (Å²) in [6.07, 6.45) is 9.14. The van der Waals surface area contributed by atoms with E-state index in [1.54, 1.807) is 0 Å². The lowest BCUT2D eigenvalue weighted by molar-refractivity contribution is -0.199. The van der Waals surface area contributed by atoms with Gasteiger partial charge in [0.15, 0.2) is 5.79 Å². The quantitative estimate of drug-likeness (QED) is 0.647. The Balaban J connectivity index is 1.49. The van der Waals surface area contributed by atoms with Gasteiger partial charge in [-0.2, -0.15) is 5.10 Å². The van der Waals surface area contributed by atoms with Gasteiger partial charge in [0.05, 0.1) is 30.8 Å². The summed E-state index contributed by atoms with van der Waals surface area (Å²) in [5.74, 6) is 1.19. The van der Waals surface area contributed by atoms with Crippen LogP contribution >= 0.6 is 0 Å². The van der Waals surface area contributed by atoms with Crippen LogP contribution in [0, 0.1) is 5.92 Å². The Hall–Kier alpha value is -2.44. The van der Waals surface area contributed by atoms with E-state index in [9.17, 15) is 0 Å². The van der Waals surface area contributed by atoms with Gasteiger partial charge < -0.3 is 9.47 Å². The molecule has 1 aliphatic heterocycles. The number of hydrogen-bond donors (Lipinski definition) is 0. The van der Waals surface area contributed by atoms with Crippen LogP contribution in [0.3, 0.4) is 0 Å². The van der Waals surface area contributed by atoms with Gasteiger partial charge in [-0.15, -0.1) is 0 Å². The van der Waals surface area contributed by atoms with Crippen LogP contribution in [-0.2, 0) is 28.4 Å². The number of benzene rings is 1. The lowest BCUT2D eigenvalue weighted by Gasteiger charge is -2.49. The Bertz CT molecular complexity index is 1080. The summed E-state index contributed by atoms with van der Waals surface area (Å²) in [7, 11) is 1.97. The van der Waals surface area contributed by atoms with Crippen molar-refractivity contribution in [3.8, 4) is 17.1 Å². The molecular formula is C24H28N4O2. The monoisotopic (exact) mass is 404 g/mol. The molecule has 0 N–H and O–H groups in total. The zero-order chi connectivity index (χ0) is 20.3. The van der Waals surface area contributed by atoms with Gasteiger partial charge >= 0.3 is 0 Å². The van der Waals surface area contributed by atoms with Crippen LogP contribution in [0.15, 0.2) is 42.7 Å². The van der Waals surface area contributed by atoms with Crippen molar-refractivity contribution >= 4 is 0 Å². The number of hydrogen-bond acceptors (Lipinski definition) is 4. The summed E-state index contributed by atoms with van der Waals surface area (Å²) in [5, 5.41) is 4.44. The van der Waals surface area contributed by atoms with E-state index in [-0.39, 0.29) is 11.2 Å². The molecule has 156 valence electrons. The number of aromatic nitrogens is 4. The Morgan fingerprint density at radius 3 is 2.63 bits per heavy atom. The second kappa shape index (κ2) is 6.53. The van der Waals surface area contributed by atoms with Gasteiger partial charge in [-0.1, -0.05) is 37.3 Å². The normalized spacial score (nSPS) is 27.2. The fraction of sp³-hybridized carbons (Fsp3) is 0.500. The fourth-order valence-electron chi connectivity index (χ4n) is 5.88. The number of nitrogens with zero attached hydrogens (tertiary/aromatic N) is 4. The van der Waals surface area contributed by atoms with Crippen LogP contribution < -0.4 is 0 Å². The molecule has 2 aliphatic carbocycles. The minimum Gasteiger partial charge on any atom is -0.348 e. The minimum absolute atomic E-state index is 0.0468. The number of fused-ring (bicyclic) bond motifs is 3. The summed E-state index contributed by atoms with van der Waals surface area (Å²) in [4.78, 5) is 5.32. The Labute approximate surface area is 176 Å². The SMILES string of the molecule is Cn1cc(-n2c(-c3ccccc3)nc3c2CCC2CC4(CCC32C)OCCO4)cn1. The van der Waals surface area contributed by atoms with Crippen molar-refractivity contribution in [1.82, 2.24) is 19.3 Å². The predicted octanol–water partition coefficient (Wildman–Crippen LogP) is 4.02. The van der Waals surface area contributed by atoms with E-state index in [1.165, 1.54) is 11.4 Å². The summed E-state index contributed by atoms with van der Waals surface area (Å²) in [6, 6.07) is 10.5. The third kappa shape index (κ3) is 2.63. The van der Waals surface area contributed by atoms with Gasteiger partial charge in [-0.05, 0) is 25.2 Å². The third-order valence-corrected chi connectivity index (χ3v) is 7.52. The number of rotatable bonds is 2. The maximum Gasteiger partial charge on any atom is 0.168 e. The van der Waals surface area contributed by atoms with Crippen molar-refractivity contribution in [3.63, 3.8) is 0 Å². The highest BCUT2D eigenvalue weighted by Gasteiger charge is 2.54. The maximum absolute atomic E-state index is 6.07. The first-order valence-electron chi connectivity index (χ1n) is 11.0. The van der Waals surface area contributed by atoms with Gasteiger partial charge in [0.1, 0.15) is 5.82 Å². The van der Waals surface area contributed by atoms with Crippen LogP contribution in [0.1, 0.15) is 44.0 Å². The molecule has 2 unspecified atom stereocenters. The Kier molecular flexibility index (Phi) is 3.99. The van der Waals surface area contributed by atoms with Crippen LogP contribution in [0.4, 0.5) is 0 Å². The van der Waals surface area contributed by atoms with Crippen molar-refractivity contribution in [2.24, 2.45) is 13.0 Å². The van der Waals surface area contributed by atoms with E-state index >= 15 is 0 Å². The molecule has 1 spiro atoms. The number of imidazole rings is 1. The smallest absolute Gasteiger partial charge is 0.168 e. The molecule has 2 fully saturated rings. The van der Waals surface area contributed by atoms with Crippen molar-refractivity contribution in [2.45, 2.75) is 50.2 Å². The van der Waals surface area contributed by atoms with E-state index in [4.69, 9.17) is 14.5 Å². The molecule has 0 bridgehead atoms. The standard InChI is InChI=1S/C24H28N4O2/c1-23-10-11-24(29-12-13-30-24)14-18(23)8-9-20-21(23)26-22(17-6-4-3-5-7-17)28(20)19-15-25-27(2)16-19/h3-7,15-16,18H,8-14H2,1-2H3. The average Bonchev–Trinajstić information content (AvgIpc) is 3.48. The fourth-order valence-corrected chi connectivity index (χ4v) is 5.88. The molecular weight excluding hydrogens is 376 g/mol. The molecule has 2 aromatic heterocycles. The molecule has 0 radical (unpaired) electrons. The van der Waals surface area contributed by atoms with Gasteiger partial charge in [0.2, 0.25) is 0 Å². The van der Waals surface area contributed by atoms with E-state index in [2.05, 4.69) is 53.1 Å². The first-order valence-corrected chi connectivity index (χ1v) is 11.0. The third-order valence-electron chi connectivity index (χ3n) is 7.52. The summed E-state index contributed by atoms with van der Waals surface area (Å²) < 4.78 is 16.4. The van der Waals surface area contributed by atoms with Gasteiger partial charge in [-0.25, -0.2) is 4.98 Å². The molecule has 1 saturated carbocycles. The summed E-state index contributed by atoms with van der Waals surface area (Å²) >= 11 is 0. The zero-order valence-electron chi connectivity index (χ0n) is 17.7. The van der Waals surface area contributed by atoms with Gasteiger partial charge in [-0.3, -0.25) is 9.25 Å². The molecule has 30 heavy (non-hydrogen) atoms. The van der Waals surface area contributed by atoms with Crippen LogP contribution in [0.2, 0.25) is 0 Å². The highest BCUT2D eigenvalue weighted by molar-refractivity contribution is 5.61. The lowest BCUT2D eigenvalue weighted by Crippen LogP contribution is -2.49. The van der Waals surface area contributed by atoms with Gasteiger partial charge in [0, 0.05) is 42.8 Å². The van der Waals surface area contributed by atoms with Crippen molar-refractivity contribution in [2.75, 3.05) is 13.2 Å². The summed E-state index contributed by atoms with van der Waals surface area (Å²) in [5.41, 5.74) is 4.87. The second-order valence-electron chi connectivity index (χ2n) is 9.27. The first kappa shape index (κ1) is 18.3. The van der Waals surface area contributed by atoms with E-state index in [1.807, 2.05) is 17.9 Å². The second-order valence-corrected chi connectivity index (χ2v) is 9.27. The molecule has 3 aliphatic rings. The molecule has 0 amide bonds. The number of aryl methyl sites for hydroxylation is 1. The highest BCUT2D eigenvalue weighted by Crippen LogP contribution is 2.54. The van der Waals surface area contributed by atoms with Gasteiger partial charge in [0.25, 0.3) is 0 Å². The van der Waals surface area contributed by atoms with Crippen LogP contribution in [0.25, 0.3) is 17.1 Å². The zero-order valence-corrected chi connectivity index (χ0v) is 17.7. The molecule has 6 heteroatoms. The summed E-state index contributed by atoms with van der Waals surface area (Å²) in [6.45, 7) is 3.86. The van der Waals surface area contributed by atoms with Crippen LogP contribution in [-0.4, -0.2) is 38.3 Å². The molecule has 6 rings (SSSR count). The molecule has 2 atom stereocenters. The predicted molar refractivity (Wildman–Crippen MR) is 113 cm³/mol. The lowest BCUT2D eigenvalue weighted by atomic mass is 9.59. The average molecular weight is 405 g/mol. The minimum atomic E-state index is -0.351. The Morgan fingerprint density at radius 2 is 1.90 bits per heavy atom. The number of ether oxygens (including phenoxy) is 2. The van der Waals surface area contributed by atoms with Crippen molar-refractivity contribution in [1.29, 1.82) is 0 Å². The maximum atomic E-state index is 6.07. The van der Waals surface area contributed by atoms with E-state index < -0.39 is 0 Å². The molecule has 1 aromatic carbocycles. The topological polar surface area (TPSA) is 54.1 Å². The van der Waals surface area contributed by atoms with Crippen LogP contribution in [0.5, 0.6) is 0 Å². The molecule has 6 nitrogen and oxygen atoms in total.